The van der Waals surface area contributed by atoms with Crippen molar-refractivity contribution < 1.29 is 9.53 Å². The number of H-pyrrole nitrogens is 2. The lowest BCUT2D eigenvalue weighted by atomic mass is 10.1. The highest BCUT2D eigenvalue weighted by molar-refractivity contribution is 5.94. The van der Waals surface area contributed by atoms with Gasteiger partial charge in [-0.05, 0) is 13.8 Å². The minimum absolute atomic E-state index is 0.145. The van der Waals surface area contributed by atoms with Gasteiger partial charge in [-0.15, -0.1) is 0 Å². The lowest BCUT2D eigenvalue weighted by Gasteiger charge is -2.31. The predicted octanol–water partition coefficient (Wildman–Crippen LogP) is 0.324. The Balaban J connectivity index is 1.81. The minimum Gasteiger partial charge on any atom is -0.366 e. The Morgan fingerprint density at radius 3 is 2.95 bits per heavy atom. The maximum Gasteiger partial charge on any atom is 0.259 e. The van der Waals surface area contributed by atoms with E-state index in [-0.39, 0.29) is 23.0 Å². The second kappa shape index (κ2) is 5.72. The summed E-state index contributed by atoms with van der Waals surface area (Å²) in [6, 6.07) is 0. The van der Waals surface area contributed by atoms with Crippen LogP contribution >= 0.6 is 0 Å². The lowest BCUT2D eigenvalue weighted by molar-refractivity contribution is -0.0267. The van der Waals surface area contributed by atoms with E-state index in [1.54, 1.807) is 24.9 Å². The van der Waals surface area contributed by atoms with E-state index in [0.717, 1.165) is 0 Å². The second-order valence-corrected chi connectivity index (χ2v) is 5.27. The van der Waals surface area contributed by atoms with Crippen LogP contribution in [0.25, 0.3) is 0 Å². The van der Waals surface area contributed by atoms with Crippen molar-refractivity contribution in [2.24, 2.45) is 0 Å². The highest BCUT2D eigenvalue weighted by atomic mass is 16.5. The summed E-state index contributed by atoms with van der Waals surface area (Å²) in [4.78, 5) is 33.3. The molecule has 0 aromatic carbocycles. The van der Waals surface area contributed by atoms with Crippen LogP contribution in [0.15, 0.2) is 17.2 Å². The summed E-state index contributed by atoms with van der Waals surface area (Å²) in [7, 11) is 0. The standard InChI is InChI=1S/C14H17N5O3/c1-8-5-15-6-10(12(8)20)14(21)19-3-4-22-11(7-19)13-16-9(2)17-18-13/h5-6,11H,3-4,7H2,1-2H3,(H,15,20)(H,16,17,18). The molecule has 0 bridgehead atoms. The molecule has 1 fully saturated rings. The van der Waals surface area contributed by atoms with Gasteiger partial charge in [0, 0.05) is 24.5 Å². The van der Waals surface area contributed by atoms with Crippen LogP contribution in [0.4, 0.5) is 0 Å². The van der Waals surface area contributed by atoms with Crippen LogP contribution in [0, 0.1) is 13.8 Å². The highest BCUT2D eigenvalue weighted by Gasteiger charge is 2.29. The van der Waals surface area contributed by atoms with Gasteiger partial charge >= 0.3 is 0 Å². The Hall–Kier alpha value is -2.48. The molecule has 0 spiro atoms. The molecule has 116 valence electrons. The van der Waals surface area contributed by atoms with Crippen LogP contribution < -0.4 is 5.43 Å². The summed E-state index contributed by atoms with van der Waals surface area (Å²) in [5, 5.41) is 6.83. The van der Waals surface area contributed by atoms with E-state index in [4.69, 9.17) is 4.74 Å². The number of amides is 1. The maximum absolute atomic E-state index is 12.6. The van der Waals surface area contributed by atoms with Gasteiger partial charge in [-0.25, -0.2) is 4.98 Å². The van der Waals surface area contributed by atoms with Gasteiger partial charge in [0.2, 0.25) is 0 Å². The Morgan fingerprint density at radius 1 is 1.41 bits per heavy atom. The molecule has 8 nitrogen and oxygen atoms in total. The molecule has 0 radical (unpaired) electrons. The first-order valence-corrected chi connectivity index (χ1v) is 7.03. The summed E-state index contributed by atoms with van der Waals surface area (Å²) < 4.78 is 5.62. The van der Waals surface area contributed by atoms with Crippen molar-refractivity contribution in [2.45, 2.75) is 20.0 Å². The number of morpholine rings is 1. The predicted molar refractivity (Wildman–Crippen MR) is 77.5 cm³/mol. The first-order chi connectivity index (χ1) is 10.6. The first kappa shape index (κ1) is 14.5. The number of nitrogens with one attached hydrogen (secondary N) is 2. The van der Waals surface area contributed by atoms with Gasteiger partial charge in [-0.1, -0.05) is 0 Å². The van der Waals surface area contributed by atoms with E-state index in [2.05, 4.69) is 20.2 Å². The largest absolute Gasteiger partial charge is 0.366 e. The van der Waals surface area contributed by atoms with Gasteiger partial charge in [-0.2, -0.15) is 5.10 Å². The normalized spacial score (nSPS) is 18.5. The van der Waals surface area contributed by atoms with E-state index < -0.39 is 0 Å². The summed E-state index contributed by atoms with van der Waals surface area (Å²) in [5.74, 6) is 0.913. The fraction of sp³-hybridized carbons (Fsp3) is 0.429. The number of carbonyl (C=O) groups is 1. The summed E-state index contributed by atoms with van der Waals surface area (Å²) in [5.41, 5.74) is 0.410. The van der Waals surface area contributed by atoms with Crippen molar-refractivity contribution in [3.63, 3.8) is 0 Å². The second-order valence-electron chi connectivity index (χ2n) is 5.27. The molecule has 0 saturated carbocycles. The number of hydrogen-bond acceptors (Lipinski definition) is 5. The molecule has 8 heteroatoms. The molecular weight excluding hydrogens is 286 g/mol. The number of hydrogen-bond donors (Lipinski definition) is 2. The summed E-state index contributed by atoms with van der Waals surface area (Å²) in [6.07, 6.45) is 2.64. The van der Waals surface area contributed by atoms with Gasteiger partial charge in [0.25, 0.3) is 5.91 Å². The topological polar surface area (TPSA) is 104 Å². The van der Waals surface area contributed by atoms with E-state index in [1.807, 2.05) is 0 Å². The lowest BCUT2D eigenvalue weighted by Crippen LogP contribution is -2.44. The maximum atomic E-state index is 12.6. The zero-order chi connectivity index (χ0) is 15.7. The number of aromatic amines is 2. The molecule has 1 unspecified atom stereocenters. The van der Waals surface area contributed by atoms with Gasteiger partial charge in [0.1, 0.15) is 17.5 Å². The van der Waals surface area contributed by atoms with E-state index in [0.29, 0.717) is 36.9 Å². The van der Waals surface area contributed by atoms with Gasteiger partial charge in [0.05, 0.1) is 13.2 Å². The monoisotopic (exact) mass is 303 g/mol. The van der Waals surface area contributed by atoms with Crippen molar-refractivity contribution >= 4 is 5.91 Å². The third-order valence-electron chi connectivity index (χ3n) is 3.62. The first-order valence-electron chi connectivity index (χ1n) is 7.03. The van der Waals surface area contributed by atoms with Crippen molar-refractivity contribution in [2.75, 3.05) is 19.7 Å². The molecule has 3 heterocycles. The highest BCUT2D eigenvalue weighted by Crippen LogP contribution is 2.20. The molecule has 1 aliphatic heterocycles. The van der Waals surface area contributed by atoms with E-state index >= 15 is 0 Å². The molecule has 1 atom stereocenters. The molecular formula is C14H17N5O3. The van der Waals surface area contributed by atoms with Crippen LogP contribution in [0.3, 0.4) is 0 Å². The third-order valence-corrected chi connectivity index (χ3v) is 3.62. The van der Waals surface area contributed by atoms with Crippen LogP contribution in [-0.4, -0.2) is 50.7 Å². The number of nitrogens with zero attached hydrogens (tertiary/aromatic N) is 3. The Labute approximate surface area is 126 Å². The summed E-state index contributed by atoms with van der Waals surface area (Å²) >= 11 is 0. The molecule has 3 rings (SSSR count). The SMILES string of the molecule is Cc1nc(C2CN(C(=O)c3c[nH]cc(C)c3=O)CCO2)n[nH]1. The average molecular weight is 303 g/mol. The number of ether oxygens (including phenoxy) is 1. The van der Waals surface area contributed by atoms with Gasteiger partial charge in [0.15, 0.2) is 11.3 Å². The van der Waals surface area contributed by atoms with Crippen molar-refractivity contribution in [1.82, 2.24) is 25.1 Å². The van der Waals surface area contributed by atoms with Crippen molar-refractivity contribution in [1.29, 1.82) is 0 Å². The Morgan fingerprint density at radius 2 is 2.23 bits per heavy atom. The minimum atomic E-state index is -0.383. The van der Waals surface area contributed by atoms with E-state index in [1.165, 1.54) is 6.20 Å². The van der Waals surface area contributed by atoms with Gasteiger partial charge < -0.3 is 14.6 Å². The Bertz CT molecular complexity index is 751. The average Bonchev–Trinajstić information content (AvgIpc) is 2.96. The number of aryl methyl sites for hydroxylation is 2. The molecule has 1 saturated heterocycles. The van der Waals surface area contributed by atoms with Gasteiger partial charge in [-0.3, -0.25) is 14.7 Å². The quantitative estimate of drug-likeness (QED) is 0.831. The number of pyridine rings is 1. The molecule has 22 heavy (non-hydrogen) atoms. The number of rotatable bonds is 2. The van der Waals surface area contributed by atoms with Crippen molar-refractivity contribution in [3.8, 4) is 0 Å². The zero-order valence-electron chi connectivity index (χ0n) is 12.4. The van der Waals surface area contributed by atoms with Crippen molar-refractivity contribution in [3.05, 3.63) is 45.4 Å². The fourth-order valence-electron chi connectivity index (χ4n) is 2.42. The number of carbonyl (C=O) groups excluding carboxylic acids is 1. The molecule has 1 aliphatic rings. The smallest absolute Gasteiger partial charge is 0.259 e. The zero-order valence-corrected chi connectivity index (χ0v) is 12.4. The Kier molecular flexibility index (Phi) is 3.76. The van der Waals surface area contributed by atoms with Crippen LogP contribution in [0.1, 0.15) is 33.7 Å². The number of aromatic nitrogens is 4. The fourth-order valence-corrected chi connectivity index (χ4v) is 2.42. The molecule has 1 amide bonds. The third kappa shape index (κ3) is 2.64. The van der Waals surface area contributed by atoms with Crippen LogP contribution in [-0.2, 0) is 4.74 Å². The molecule has 2 aromatic rings. The molecule has 2 N–H and O–H groups in total. The summed E-state index contributed by atoms with van der Waals surface area (Å²) in [6.45, 7) is 4.62. The molecule has 0 aliphatic carbocycles. The van der Waals surface area contributed by atoms with Crippen LogP contribution in [0.5, 0.6) is 0 Å². The molecule has 2 aromatic heterocycles. The van der Waals surface area contributed by atoms with Crippen LogP contribution in [0.2, 0.25) is 0 Å². The van der Waals surface area contributed by atoms with E-state index in [9.17, 15) is 9.59 Å².